The van der Waals surface area contributed by atoms with E-state index in [1.165, 1.54) is 25.7 Å². The van der Waals surface area contributed by atoms with E-state index in [-0.39, 0.29) is 6.10 Å². The highest BCUT2D eigenvalue weighted by atomic mass is 16.5. The van der Waals surface area contributed by atoms with Gasteiger partial charge in [0.15, 0.2) is 0 Å². The number of methoxy groups -OCH3 is 1. The summed E-state index contributed by atoms with van der Waals surface area (Å²) in [6.07, 6.45) is 6.34. The molecule has 1 aliphatic carbocycles. The van der Waals surface area contributed by atoms with Crippen LogP contribution >= 0.6 is 0 Å². The van der Waals surface area contributed by atoms with Crippen LogP contribution in [0.3, 0.4) is 0 Å². The Hall–Kier alpha value is -1.26. The number of benzene rings is 1. The lowest BCUT2D eigenvalue weighted by Gasteiger charge is -2.23. The molecule has 1 unspecified atom stereocenters. The minimum Gasteiger partial charge on any atom is -0.497 e. The molecule has 116 valence electrons. The Morgan fingerprint density at radius 1 is 1.24 bits per heavy atom. The SMILES string of the molecule is COc1ccc(OCC2CCCCO2)c(CNC2CC2)c1. The van der Waals surface area contributed by atoms with Gasteiger partial charge in [0, 0.05) is 24.8 Å². The summed E-state index contributed by atoms with van der Waals surface area (Å²) in [5, 5.41) is 3.54. The van der Waals surface area contributed by atoms with Crippen molar-refractivity contribution in [1.29, 1.82) is 0 Å². The number of hydrogen-bond acceptors (Lipinski definition) is 4. The fourth-order valence-corrected chi connectivity index (χ4v) is 2.63. The van der Waals surface area contributed by atoms with Crippen LogP contribution in [0, 0.1) is 0 Å². The van der Waals surface area contributed by atoms with Crippen LogP contribution in [0.4, 0.5) is 0 Å². The summed E-state index contributed by atoms with van der Waals surface area (Å²) in [5.41, 5.74) is 1.16. The molecule has 0 aromatic heterocycles. The molecule has 21 heavy (non-hydrogen) atoms. The van der Waals surface area contributed by atoms with Crippen LogP contribution in [0.25, 0.3) is 0 Å². The van der Waals surface area contributed by atoms with Crippen molar-refractivity contribution in [2.75, 3.05) is 20.3 Å². The van der Waals surface area contributed by atoms with E-state index in [1.807, 2.05) is 12.1 Å². The third-order valence-corrected chi connectivity index (χ3v) is 4.12. The molecular formula is C17H25NO3. The van der Waals surface area contributed by atoms with Gasteiger partial charge in [-0.05, 0) is 50.3 Å². The van der Waals surface area contributed by atoms with Crippen molar-refractivity contribution in [3.63, 3.8) is 0 Å². The zero-order chi connectivity index (χ0) is 14.5. The van der Waals surface area contributed by atoms with Crippen LogP contribution in [0.1, 0.15) is 37.7 Å². The third-order valence-electron chi connectivity index (χ3n) is 4.12. The number of hydrogen-bond donors (Lipinski definition) is 1. The van der Waals surface area contributed by atoms with Crippen LogP contribution in [-0.4, -0.2) is 32.5 Å². The number of rotatable bonds is 7. The van der Waals surface area contributed by atoms with E-state index in [1.54, 1.807) is 7.11 Å². The second-order valence-corrected chi connectivity index (χ2v) is 5.93. The van der Waals surface area contributed by atoms with E-state index in [0.29, 0.717) is 12.6 Å². The third kappa shape index (κ3) is 4.35. The van der Waals surface area contributed by atoms with Gasteiger partial charge in [-0.15, -0.1) is 0 Å². The summed E-state index contributed by atoms with van der Waals surface area (Å²) in [6, 6.07) is 6.71. The summed E-state index contributed by atoms with van der Waals surface area (Å²) in [6.45, 7) is 2.35. The Labute approximate surface area is 126 Å². The smallest absolute Gasteiger partial charge is 0.124 e. The maximum atomic E-state index is 6.01. The maximum absolute atomic E-state index is 6.01. The number of ether oxygens (including phenoxy) is 3. The molecular weight excluding hydrogens is 266 g/mol. The molecule has 4 nitrogen and oxygen atoms in total. The Morgan fingerprint density at radius 2 is 2.14 bits per heavy atom. The standard InChI is InChI=1S/C17H25NO3/c1-19-15-7-8-17(13(10-15)11-18-14-5-6-14)21-12-16-4-2-3-9-20-16/h7-8,10,14,16,18H,2-6,9,11-12H2,1H3. The topological polar surface area (TPSA) is 39.7 Å². The van der Waals surface area contributed by atoms with E-state index in [2.05, 4.69) is 11.4 Å². The highest BCUT2D eigenvalue weighted by molar-refractivity contribution is 5.40. The van der Waals surface area contributed by atoms with Crippen molar-refractivity contribution < 1.29 is 14.2 Å². The minimum absolute atomic E-state index is 0.241. The first-order chi connectivity index (χ1) is 10.3. The molecule has 1 aromatic carbocycles. The van der Waals surface area contributed by atoms with Crippen LogP contribution < -0.4 is 14.8 Å². The second-order valence-electron chi connectivity index (χ2n) is 5.93. The Kier molecular flexibility index (Phi) is 4.99. The molecule has 2 aliphatic rings. The van der Waals surface area contributed by atoms with Crippen molar-refractivity contribution in [3.8, 4) is 11.5 Å². The molecule has 0 bridgehead atoms. The van der Waals surface area contributed by atoms with Gasteiger partial charge in [0.05, 0.1) is 13.2 Å². The van der Waals surface area contributed by atoms with Gasteiger partial charge in [0.2, 0.25) is 0 Å². The molecule has 3 rings (SSSR count). The van der Waals surface area contributed by atoms with Gasteiger partial charge in [0.25, 0.3) is 0 Å². The predicted molar refractivity (Wildman–Crippen MR) is 81.9 cm³/mol. The molecule has 1 aromatic rings. The molecule has 1 aliphatic heterocycles. The van der Waals surface area contributed by atoms with Gasteiger partial charge in [0.1, 0.15) is 18.1 Å². The van der Waals surface area contributed by atoms with Crippen molar-refractivity contribution in [2.24, 2.45) is 0 Å². The molecule has 1 N–H and O–H groups in total. The van der Waals surface area contributed by atoms with Crippen molar-refractivity contribution in [2.45, 2.75) is 50.8 Å². The lowest BCUT2D eigenvalue weighted by atomic mass is 10.1. The zero-order valence-electron chi connectivity index (χ0n) is 12.8. The first-order valence-electron chi connectivity index (χ1n) is 8.00. The average molecular weight is 291 g/mol. The van der Waals surface area contributed by atoms with Gasteiger partial charge in [-0.2, -0.15) is 0 Å². The van der Waals surface area contributed by atoms with Gasteiger partial charge in [-0.25, -0.2) is 0 Å². The van der Waals surface area contributed by atoms with E-state index >= 15 is 0 Å². The fourth-order valence-electron chi connectivity index (χ4n) is 2.63. The quantitative estimate of drug-likeness (QED) is 0.838. The Balaban J connectivity index is 1.60. The summed E-state index contributed by atoms with van der Waals surface area (Å²) in [5.74, 6) is 1.82. The molecule has 0 spiro atoms. The summed E-state index contributed by atoms with van der Waals surface area (Å²) >= 11 is 0. The molecule has 1 heterocycles. The zero-order valence-corrected chi connectivity index (χ0v) is 12.8. The van der Waals surface area contributed by atoms with Crippen LogP contribution in [0.5, 0.6) is 11.5 Å². The summed E-state index contributed by atoms with van der Waals surface area (Å²) in [7, 11) is 1.70. The van der Waals surface area contributed by atoms with Crippen molar-refractivity contribution >= 4 is 0 Å². The van der Waals surface area contributed by atoms with Gasteiger partial charge in [-0.3, -0.25) is 0 Å². The normalized spacial score (nSPS) is 22.0. The van der Waals surface area contributed by atoms with Gasteiger partial charge >= 0.3 is 0 Å². The Bertz CT molecular complexity index is 453. The molecule has 2 fully saturated rings. The maximum Gasteiger partial charge on any atom is 0.124 e. The molecule has 1 saturated carbocycles. The molecule has 1 saturated heterocycles. The van der Waals surface area contributed by atoms with E-state index in [9.17, 15) is 0 Å². The van der Waals surface area contributed by atoms with Gasteiger partial charge in [-0.1, -0.05) is 0 Å². The first-order valence-corrected chi connectivity index (χ1v) is 8.00. The monoisotopic (exact) mass is 291 g/mol. The van der Waals surface area contributed by atoms with Crippen LogP contribution in [-0.2, 0) is 11.3 Å². The number of nitrogens with one attached hydrogen (secondary N) is 1. The van der Waals surface area contributed by atoms with E-state index in [0.717, 1.165) is 36.6 Å². The van der Waals surface area contributed by atoms with Crippen LogP contribution in [0.15, 0.2) is 18.2 Å². The summed E-state index contributed by atoms with van der Waals surface area (Å²) < 4.78 is 17.1. The molecule has 0 radical (unpaired) electrons. The Morgan fingerprint density at radius 3 is 2.86 bits per heavy atom. The van der Waals surface area contributed by atoms with Crippen LogP contribution in [0.2, 0.25) is 0 Å². The largest absolute Gasteiger partial charge is 0.497 e. The lowest BCUT2D eigenvalue weighted by molar-refractivity contribution is -0.0112. The molecule has 1 atom stereocenters. The van der Waals surface area contributed by atoms with Gasteiger partial charge < -0.3 is 19.5 Å². The lowest BCUT2D eigenvalue weighted by Crippen LogP contribution is -2.26. The average Bonchev–Trinajstić information content (AvgIpc) is 3.36. The van der Waals surface area contributed by atoms with Crippen molar-refractivity contribution in [1.82, 2.24) is 5.32 Å². The first kappa shape index (κ1) is 14.7. The highest BCUT2D eigenvalue weighted by Gasteiger charge is 2.21. The van der Waals surface area contributed by atoms with Crippen molar-refractivity contribution in [3.05, 3.63) is 23.8 Å². The second kappa shape index (κ2) is 7.14. The molecule has 4 heteroatoms. The predicted octanol–water partition coefficient (Wildman–Crippen LogP) is 2.90. The van der Waals surface area contributed by atoms with E-state index in [4.69, 9.17) is 14.2 Å². The highest BCUT2D eigenvalue weighted by Crippen LogP contribution is 2.27. The van der Waals surface area contributed by atoms with E-state index < -0.39 is 0 Å². The minimum atomic E-state index is 0.241. The summed E-state index contributed by atoms with van der Waals surface area (Å²) in [4.78, 5) is 0. The fraction of sp³-hybridized carbons (Fsp3) is 0.647. The molecule has 0 amide bonds.